The number of aromatic nitrogens is 1. The van der Waals surface area contributed by atoms with E-state index in [0.29, 0.717) is 13.1 Å². The Morgan fingerprint density at radius 1 is 1.26 bits per heavy atom. The van der Waals surface area contributed by atoms with Gasteiger partial charge in [-0.3, -0.25) is 9.69 Å². The first-order valence-corrected chi connectivity index (χ1v) is 8.85. The number of nitrogens with zero attached hydrogens (tertiary/aromatic N) is 4. The molecule has 2 aliphatic rings. The molecule has 23 heavy (non-hydrogen) atoms. The van der Waals surface area contributed by atoms with Crippen LogP contribution >= 0.6 is 11.3 Å². The number of hydrogen-bond donors (Lipinski definition) is 0. The van der Waals surface area contributed by atoms with E-state index >= 15 is 0 Å². The van der Waals surface area contributed by atoms with E-state index in [-0.39, 0.29) is 5.91 Å². The Labute approximate surface area is 141 Å². The summed E-state index contributed by atoms with van der Waals surface area (Å²) in [4.78, 5) is 23.0. The van der Waals surface area contributed by atoms with Crippen LogP contribution in [0.1, 0.15) is 12.6 Å². The van der Waals surface area contributed by atoms with Gasteiger partial charge in [0.2, 0.25) is 0 Å². The van der Waals surface area contributed by atoms with Gasteiger partial charge < -0.3 is 14.5 Å². The van der Waals surface area contributed by atoms with Crippen molar-refractivity contribution in [3.05, 3.63) is 11.1 Å². The average Bonchev–Trinajstić information content (AvgIpc) is 3.05. The van der Waals surface area contributed by atoms with Crippen LogP contribution in [0.15, 0.2) is 5.38 Å². The second-order valence-corrected chi connectivity index (χ2v) is 6.50. The first-order chi connectivity index (χ1) is 11.3. The average molecular weight is 334 g/mol. The first-order valence-electron chi connectivity index (χ1n) is 7.97. The van der Waals surface area contributed by atoms with E-state index in [1.807, 2.05) is 4.90 Å². The summed E-state index contributed by atoms with van der Waals surface area (Å²) in [5, 5.41) is 3.20. The van der Waals surface area contributed by atoms with Crippen LogP contribution in [0.25, 0.3) is 0 Å². The fourth-order valence-corrected chi connectivity index (χ4v) is 3.66. The van der Waals surface area contributed by atoms with Crippen molar-refractivity contribution >= 4 is 22.4 Å². The topological polar surface area (TPSA) is 48.9 Å². The van der Waals surface area contributed by atoms with Crippen molar-refractivity contribution in [1.82, 2.24) is 14.8 Å². The van der Waals surface area contributed by atoms with E-state index in [9.17, 15) is 4.79 Å². The second kappa shape index (κ2) is 7.77. The van der Waals surface area contributed by atoms with Crippen LogP contribution in [0.5, 0.6) is 0 Å². The third-order valence-corrected chi connectivity index (χ3v) is 5.05. The highest BCUT2D eigenvalue weighted by atomic mass is 32.1. The van der Waals surface area contributed by atoms with Crippen molar-refractivity contribution in [2.24, 2.45) is 0 Å². The minimum absolute atomic E-state index is 0.0701. The predicted octanol–water partition coefficient (Wildman–Crippen LogP) is 0.647. The third kappa shape index (κ3) is 4.22. The lowest BCUT2D eigenvalue weighted by molar-refractivity contribution is -0.125. The van der Waals surface area contributed by atoms with Crippen LogP contribution in [0.2, 0.25) is 0 Å². The molecule has 0 atom stereocenters. The van der Waals surface area contributed by atoms with E-state index in [1.165, 1.54) is 0 Å². The van der Waals surface area contributed by atoms with E-state index in [4.69, 9.17) is 9.72 Å². The molecule has 124 valence electrons. The van der Waals surface area contributed by atoms with Gasteiger partial charge in [-0.25, -0.2) is 4.98 Å². The van der Waals surface area contributed by atoms with E-state index in [2.05, 4.69) is 27.0 Å². The lowest BCUT2D eigenvalue weighted by Gasteiger charge is -2.33. The third-order valence-electron chi connectivity index (χ3n) is 4.10. The molecule has 2 aliphatic heterocycles. The van der Waals surface area contributed by atoms with Crippen LogP contribution in [-0.2, 0) is 16.1 Å². The zero-order valence-corrected chi connectivity index (χ0v) is 14.3. The Balaban J connectivity index is 1.52. The van der Waals surface area contributed by atoms with Crippen molar-refractivity contribution in [1.29, 1.82) is 0 Å². The van der Waals surface area contributed by atoms with Crippen molar-refractivity contribution in [3.63, 3.8) is 0 Å². The molecule has 3 heterocycles. The zero-order valence-electron chi connectivity index (χ0n) is 13.5. The minimum Gasteiger partial charge on any atom is -0.379 e. The molecular formula is C16H22N4O2S. The van der Waals surface area contributed by atoms with Gasteiger partial charge in [-0.1, -0.05) is 5.92 Å². The summed E-state index contributed by atoms with van der Waals surface area (Å²) in [6.07, 6.45) is 0. The molecule has 1 aromatic rings. The monoisotopic (exact) mass is 334 g/mol. The zero-order chi connectivity index (χ0) is 16.1. The molecule has 0 bridgehead atoms. The number of carbonyl (C=O) groups is 1. The van der Waals surface area contributed by atoms with Crippen LogP contribution < -0.4 is 4.90 Å². The number of carbonyl (C=O) groups excluding carboxylic acids is 1. The van der Waals surface area contributed by atoms with Crippen molar-refractivity contribution in [3.8, 4) is 11.8 Å². The summed E-state index contributed by atoms with van der Waals surface area (Å²) in [7, 11) is 0. The van der Waals surface area contributed by atoms with Gasteiger partial charge in [-0.15, -0.1) is 11.3 Å². The summed E-state index contributed by atoms with van der Waals surface area (Å²) >= 11 is 1.69. The molecule has 6 nitrogen and oxygen atoms in total. The van der Waals surface area contributed by atoms with Gasteiger partial charge >= 0.3 is 0 Å². The standard InChI is InChI=1S/C16H22N4O2S/c1-2-3-15(21)19-4-6-20(7-5-19)16-17-14(13-23-16)12-18-8-10-22-11-9-18/h13H,4-12H2,1H3. The van der Waals surface area contributed by atoms with Gasteiger partial charge in [0.1, 0.15) is 0 Å². The number of thiazole rings is 1. The second-order valence-electron chi connectivity index (χ2n) is 5.66. The molecule has 2 fully saturated rings. The number of ether oxygens (including phenoxy) is 1. The molecule has 0 spiro atoms. The Kier molecular flexibility index (Phi) is 5.49. The highest BCUT2D eigenvalue weighted by Crippen LogP contribution is 2.23. The normalized spacial score (nSPS) is 19.3. The first kappa shape index (κ1) is 16.2. The molecule has 7 heteroatoms. The SMILES string of the molecule is CC#CC(=O)N1CCN(c2nc(CN3CCOCC3)cs2)CC1. The molecule has 0 radical (unpaired) electrons. The fourth-order valence-electron chi connectivity index (χ4n) is 2.79. The molecule has 0 aliphatic carbocycles. The van der Waals surface area contributed by atoms with Crippen molar-refractivity contribution in [2.75, 3.05) is 57.4 Å². The lowest BCUT2D eigenvalue weighted by atomic mass is 10.3. The van der Waals surface area contributed by atoms with Gasteiger partial charge in [-0.05, 0) is 12.8 Å². The summed E-state index contributed by atoms with van der Waals surface area (Å²) in [5.74, 6) is 5.21. The Morgan fingerprint density at radius 2 is 2.00 bits per heavy atom. The predicted molar refractivity (Wildman–Crippen MR) is 90.5 cm³/mol. The number of morpholine rings is 1. The van der Waals surface area contributed by atoms with Crippen LogP contribution in [0.4, 0.5) is 5.13 Å². The van der Waals surface area contributed by atoms with E-state index in [0.717, 1.165) is 56.8 Å². The summed E-state index contributed by atoms with van der Waals surface area (Å²) < 4.78 is 5.38. The highest BCUT2D eigenvalue weighted by molar-refractivity contribution is 7.13. The summed E-state index contributed by atoms with van der Waals surface area (Å²) in [6, 6.07) is 0. The molecule has 0 saturated carbocycles. The molecule has 0 N–H and O–H groups in total. The molecule has 0 aromatic carbocycles. The Morgan fingerprint density at radius 3 is 2.70 bits per heavy atom. The van der Waals surface area contributed by atoms with Crippen LogP contribution in [-0.4, -0.2) is 73.2 Å². The molecule has 1 amide bonds. The van der Waals surface area contributed by atoms with Crippen molar-refractivity contribution in [2.45, 2.75) is 13.5 Å². The van der Waals surface area contributed by atoms with Gasteiger partial charge in [0.05, 0.1) is 18.9 Å². The maximum Gasteiger partial charge on any atom is 0.298 e. The fraction of sp³-hybridized carbons (Fsp3) is 0.625. The number of piperazine rings is 1. The smallest absolute Gasteiger partial charge is 0.298 e. The largest absolute Gasteiger partial charge is 0.379 e. The van der Waals surface area contributed by atoms with E-state index in [1.54, 1.807) is 18.3 Å². The maximum atomic E-state index is 11.8. The van der Waals surface area contributed by atoms with Gasteiger partial charge in [-0.2, -0.15) is 0 Å². The Hall–Kier alpha value is -1.62. The highest BCUT2D eigenvalue weighted by Gasteiger charge is 2.22. The quantitative estimate of drug-likeness (QED) is 0.760. The number of anilines is 1. The number of hydrogen-bond acceptors (Lipinski definition) is 6. The van der Waals surface area contributed by atoms with Gasteiger partial charge in [0.25, 0.3) is 5.91 Å². The molecule has 0 unspecified atom stereocenters. The van der Waals surface area contributed by atoms with Gasteiger partial charge in [0, 0.05) is 51.2 Å². The summed E-state index contributed by atoms with van der Waals surface area (Å²) in [6.45, 7) is 9.24. The molecule has 2 saturated heterocycles. The Bertz CT molecular complexity index is 593. The number of amides is 1. The van der Waals surface area contributed by atoms with Crippen molar-refractivity contribution < 1.29 is 9.53 Å². The minimum atomic E-state index is -0.0701. The lowest BCUT2D eigenvalue weighted by Crippen LogP contribution is -2.48. The molecule has 3 rings (SSSR count). The molecular weight excluding hydrogens is 312 g/mol. The maximum absolute atomic E-state index is 11.8. The molecule has 1 aromatic heterocycles. The summed E-state index contributed by atoms with van der Waals surface area (Å²) in [5.41, 5.74) is 1.13. The van der Waals surface area contributed by atoms with E-state index < -0.39 is 0 Å². The van der Waals surface area contributed by atoms with Crippen LogP contribution in [0, 0.1) is 11.8 Å². The van der Waals surface area contributed by atoms with Gasteiger partial charge in [0.15, 0.2) is 5.13 Å². The van der Waals surface area contributed by atoms with Crippen LogP contribution in [0.3, 0.4) is 0 Å². The number of rotatable bonds is 3.